The van der Waals surface area contributed by atoms with Gasteiger partial charge in [0.2, 0.25) is 5.91 Å². The van der Waals surface area contributed by atoms with Gasteiger partial charge in [-0.05, 0) is 17.7 Å². The topological polar surface area (TPSA) is 110 Å². The minimum atomic E-state index is -1.04. The molecule has 0 unspecified atom stereocenters. The number of carbonyl (C=O) groups excluding carboxylic acids is 1. The molecule has 0 bridgehead atoms. The number of thioether (sulfide) groups is 1. The standard InChI is InChI=1S/C20H19N3O5S/c1-27-15-9-5-8-14(18(15)28-12-13-6-3-2-4-7-13)11-21-23-20-22-19(26)16(29-20)10-17(24)25/h2-9,11,16H,10,12H2,1H3,(H,24,25)(H,22,23,26)/b21-11-/t16-/m0/s1. The third-order valence-electron chi connectivity index (χ3n) is 3.94. The van der Waals surface area contributed by atoms with E-state index in [0.29, 0.717) is 23.7 Å². The molecule has 1 aliphatic rings. The fourth-order valence-corrected chi connectivity index (χ4v) is 3.48. The monoisotopic (exact) mass is 413 g/mol. The molecule has 1 amide bonds. The summed E-state index contributed by atoms with van der Waals surface area (Å²) in [6.07, 6.45) is 1.22. The Balaban J connectivity index is 1.73. The number of amides is 1. The maximum Gasteiger partial charge on any atom is 0.305 e. The summed E-state index contributed by atoms with van der Waals surface area (Å²) in [6.45, 7) is 0.360. The largest absolute Gasteiger partial charge is 0.493 e. The van der Waals surface area contributed by atoms with Crippen LogP contribution in [0.3, 0.4) is 0 Å². The Hall–Kier alpha value is -3.33. The smallest absolute Gasteiger partial charge is 0.305 e. The van der Waals surface area contributed by atoms with Crippen LogP contribution in [0.2, 0.25) is 0 Å². The number of para-hydroxylation sites is 1. The molecule has 1 saturated heterocycles. The van der Waals surface area contributed by atoms with E-state index in [1.807, 2.05) is 30.3 Å². The van der Waals surface area contributed by atoms with Gasteiger partial charge in [0.15, 0.2) is 16.7 Å². The lowest BCUT2D eigenvalue weighted by molar-refractivity contribution is -0.138. The fourth-order valence-electron chi connectivity index (χ4n) is 2.57. The number of ether oxygens (including phenoxy) is 2. The van der Waals surface area contributed by atoms with Crippen LogP contribution in [-0.4, -0.2) is 40.7 Å². The van der Waals surface area contributed by atoms with Crippen molar-refractivity contribution in [2.24, 2.45) is 10.2 Å². The molecule has 0 spiro atoms. The highest BCUT2D eigenvalue weighted by molar-refractivity contribution is 8.15. The van der Waals surface area contributed by atoms with E-state index < -0.39 is 11.2 Å². The number of benzene rings is 2. The summed E-state index contributed by atoms with van der Waals surface area (Å²) in [5, 5.41) is 18.9. The minimum Gasteiger partial charge on any atom is -0.493 e. The Morgan fingerprint density at radius 3 is 2.76 bits per heavy atom. The number of nitrogens with one attached hydrogen (secondary N) is 1. The van der Waals surface area contributed by atoms with Crippen LogP contribution in [0.4, 0.5) is 0 Å². The van der Waals surface area contributed by atoms with Crippen LogP contribution in [0.25, 0.3) is 0 Å². The zero-order valence-electron chi connectivity index (χ0n) is 15.6. The van der Waals surface area contributed by atoms with Crippen LogP contribution in [0.5, 0.6) is 11.5 Å². The predicted octanol–water partition coefficient (Wildman–Crippen LogP) is 2.67. The molecule has 2 N–H and O–H groups in total. The normalized spacial score (nSPS) is 17.5. The Kier molecular flexibility index (Phi) is 6.85. The molecule has 9 heteroatoms. The Morgan fingerprint density at radius 2 is 2.03 bits per heavy atom. The van der Waals surface area contributed by atoms with Crippen molar-refractivity contribution in [2.45, 2.75) is 18.3 Å². The van der Waals surface area contributed by atoms with Crippen LogP contribution < -0.4 is 14.8 Å². The van der Waals surface area contributed by atoms with Crippen LogP contribution in [-0.2, 0) is 16.2 Å². The molecule has 2 aromatic carbocycles. The first-order valence-electron chi connectivity index (χ1n) is 8.71. The Morgan fingerprint density at radius 1 is 1.24 bits per heavy atom. The second-order valence-corrected chi connectivity index (χ2v) is 7.19. The summed E-state index contributed by atoms with van der Waals surface area (Å²) in [5.41, 5.74) is 1.66. The maximum atomic E-state index is 11.7. The number of hydrogen-bond donors (Lipinski definition) is 2. The molecule has 3 rings (SSSR count). The van der Waals surface area contributed by atoms with E-state index in [9.17, 15) is 9.59 Å². The van der Waals surface area contributed by atoms with Crippen molar-refractivity contribution in [1.82, 2.24) is 5.32 Å². The number of carboxylic acids is 1. The van der Waals surface area contributed by atoms with Crippen molar-refractivity contribution in [3.8, 4) is 11.5 Å². The first kappa shape index (κ1) is 20.4. The molecule has 1 atom stereocenters. The molecule has 0 aliphatic carbocycles. The van der Waals surface area contributed by atoms with Crippen LogP contribution in [0, 0.1) is 0 Å². The number of hydrogen-bond acceptors (Lipinski definition) is 7. The first-order valence-corrected chi connectivity index (χ1v) is 9.59. The van der Waals surface area contributed by atoms with Gasteiger partial charge in [0.05, 0.1) is 19.7 Å². The van der Waals surface area contributed by atoms with Gasteiger partial charge in [0.25, 0.3) is 0 Å². The van der Waals surface area contributed by atoms with Gasteiger partial charge >= 0.3 is 5.97 Å². The molecule has 29 heavy (non-hydrogen) atoms. The van der Waals surface area contributed by atoms with E-state index in [0.717, 1.165) is 17.3 Å². The number of methoxy groups -OCH3 is 1. The molecule has 1 heterocycles. The van der Waals surface area contributed by atoms with E-state index in [1.54, 1.807) is 25.3 Å². The molecular formula is C20H19N3O5S. The maximum absolute atomic E-state index is 11.7. The summed E-state index contributed by atoms with van der Waals surface area (Å²) in [4.78, 5) is 22.5. The van der Waals surface area contributed by atoms with Crippen LogP contribution in [0.15, 0.2) is 58.7 Å². The van der Waals surface area contributed by atoms with Gasteiger partial charge in [-0.25, -0.2) is 0 Å². The van der Waals surface area contributed by atoms with Crippen molar-refractivity contribution in [2.75, 3.05) is 7.11 Å². The van der Waals surface area contributed by atoms with E-state index in [1.165, 1.54) is 6.21 Å². The highest BCUT2D eigenvalue weighted by Crippen LogP contribution is 2.31. The number of amidine groups is 1. The van der Waals surface area contributed by atoms with Gasteiger partial charge in [-0.2, -0.15) is 5.10 Å². The summed E-state index contributed by atoms with van der Waals surface area (Å²) in [5.74, 6) is -0.351. The summed E-state index contributed by atoms with van der Waals surface area (Å²) < 4.78 is 11.3. The van der Waals surface area contributed by atoms with Crippen LogP contribution >= 0.6 is 11.8 Å². The molecule has 2 aromatic rings. The van der Waals surface area contributed by atoms with E-state index in [2.05, 4.69) is 15.5 Å². The number of aliphatic carboxylic acids is 1. The zero-order chi connectivity index (χ0) is 20.6. The fraction of sp³-hybridized carbons (Fsp3) is 0.200. The van der Waals surface area contributed by atoms with Gasteiger partial charge in [0.1, 0.15) is 11.9 Å². The molecule has 1 fully saturated rings. The third-order valence-corrected chi connectivity index (χ3v) is 5.01. The van der Waals surface area contributed by atoms with Gasteiger partial charge in [-0.3, -0.25) is 9.59 Å². The summed E-state index contributed by atoms with van der Waals surface area (Å²) >= 11 is 1.04. The highest BCUT2D eigenvalue weighted by atomic mass is 32.2. The zero-order valence-corrected chi connectivity index (χ0v) is 16.4. The molecule has 8 nitrogen and oxygen atoms in total. The molecule has 0 aromatic heterocycles. The number of rotatable bonds is 8. The van der Waals surface area contributed by atoms with E-state index in [-0.39, 0.29) is 17.5 Å². The van der Waals surface area contributed by atoms with Crippen molar-refractivity contribution >= 4 is 35.0 Å². The van der Waals surface area contributed by atoms with Crippen molar-refractivity contribution in [1.29, 1.82) is 0 Å². The van der Waals surface area contributed by atoms with Crippen molar-refractivity contribution < 1.29 is 24.2 Å². The average molecular weight is 413 g/mol. The van der Waals surface area contributed by atoms with Gasteiger partial charge < -0.3 is 19.9 Å². The summed E-state index contributed by atoms with van der Waals surface area (Å²) in [6, 6.07) is 15.1. The Labute approximate surface area is 171 Å². The molecule has 150 valence electrons. The molecule has 0 radical (unpaired) electrons. The van der Waals surface area contributed by atoms with Crippen molar-refractivity contribution in [3.63, 3.8) is 0 Å². The van der Waals surface area contributed by atoms with Crippen molar-refractivity contribution in [3.05, 3.63) is 59.7 Å². The minimum absolute atomic E-state index is 0.257. The lowest BCUT2D eigenvalue weighted by Gasteiger charge is -2.13. The average Bonchev–Trinajstić information content (AvgIpc) is 3.06. The van der Waals surface area contributed by atoms with Crippen LogP contribution in [0.1, 0.15) is 17.5 Å². The predicted molar refractivity (Wildman–Crippen MR) is 111 cm³/mol. The van der Waals surface area contributed by atoms with Gasteiger partial charge in [0, 0.05) is 5.56 Å². The van der Waals surface area contributed by atoms with E-state index >= 15 is 0 Å². The highest BCUT2D eigenvalue weighted by Gasteiger charge is 2.32. The second kappa shape index (κ2) is 9.74. The Bertz CT molecular complexity index is 946. The lowest BCUT2D eigenvalue weighted by Crippen LogP contribution is -2.26. The first-order chi connectivity index (χ1) is 14.1. The SMILES string of the molecule is COc1cccc(/C=N\N=C2/NC(=O)[C@H](CC(=O)O)S2)c1OCc1ccccc1. The van der Waals surface area contributed by atoms with E-state index in [4.69, 9.17) is 14.6 Å². The quantitative estimate of drug-likeness (QED) is 0.509. The van der Waals surface area contributed by atoms with Gasteiger partial charge in [-0.15, -0.1) is 5.10 Å². The molecule has 1 aliphatic heterocycles. The molecular weight excluding hydrogens is 394 g/mol. The summed E-state index contributed by atoms with van der Waals surface area (Å²) in [7, 11) is 1.55. The number of carbonyl (C=O) groups is 2. The van der Waals surface area contributed by atoms with Gasteiger partial charge in [-0.1, -0.05) is 48.2 Å². The number of nitrogens with zero attached hydrogens (tertiary/aromatic N) is 2. The lowest BCUT2D eigenvalue weighted by atomic mass is 10.2. The molecule has 0 saturated carbocycles. The second-order valence-electron chi connectivity index (χ2n) is 6.00. The number of carboxylic acid groups (broad SMARTS) is 1. The third kappa shape index (κ3) is 5.58.